The number of morpholine rings is 1. The highest BCUT2D eigenvalue weighted by atomic mass is 32.1. The largest absolute Gasteiger partial charge is 0.435 e. The molecule has 1 saturated heterocycles. The lowest BCUT2D eigenvalue weighted by Crippen LogP contribution is -3.14. The van der Waals surface area contributed by atoms with Crippen molar-refractivity contribution in [3.8, 4) is 5.75 Å². The molecule has 0 aromatic heterocycles. The van der Waals surface area contributed by atoms with Gasteiger partial charge in [-0.15, -0.1) is 0 Å². The molecule has 1 aliphatic heterocycles. The molecule has 29 heavy (non-hydrogen) atoms. The molecule has 156 valence electrons. The number of hydrogen-bond donors (Lipinski definition) is 3. The highest BCUT2D eigenvalue weighted by Crippen LogP contribution is 2.24. The predicted molar refractivity (Wildman–Crippen MR) is 111 cm³/mol. The van der Waals surface area contributed by atoms with Crippen LogP contribution >= 0.6 is 12.2 Å². The summed E-state index contributed by atoms with van der Waals surface area (Å²) in [6, 6.07) is 16.3. The first kappa shape index (κ1) is 21.4. The van der Waals surface area contributed by atoms with Crippen molar-refractivity contribution in [2.24, 2.45) is 0 Å². The molecule has 1 fully saturated rings. The Labute approximate surface area is 175 Å². The molecule has 0 spiro atoms. The number of quaternary nitrogens is 1. The minimum atomic E-state index is -2.84. The summed E-state index contributed by atoms with van der Waals surface area (Å²) >= 11 is 5.50. The van der Waals surface area contributed by atoms with Gasteiger partial charge in [0, 0.05) is 0 Å². The van der Waals surface area contributed by atoms with Gasteiger partial charge in [0.05, 0.1) is 32.3 Å². The molecule has 5 nitrogen and oxygen atoms in total. The second-order valence-electron chi connectivity index (χ2n) is 6.80. The standard InChI is InChI=1S/C21H25F2N3O2S/c22-20(23)28-18-8-6-17(7-9-18)19(16-4-2-1-3-5-16)25-21(29)24-10-11-26-12-14-27-15-13-26/h1-9,19-20H,10-15H2,(H2,24,25,29)/p+1/t19-/m1/s1. The molecular formula is C21H26F2N3O2S+. The van der Waals surface area contributed by atoms with Crippen molar-refractivity contribution >= 4 is 17.3 Å². The number of benzene rings is 2. The van der Waals surface area contributed by atoms with Crippen LogP contribution in [-0.2, 0) is 4.74 Å². The zero-order valence-corrected chi connectivity index (χ0v) is 16.9. The summed E-state index contributed by atoms with van der Waals surface area (Å²) in [5.74, 6) is 0.129. The molecule has 0 unspecified atom stereocenters. The summed E-state index contributed by atoms with van der Waals surface area (Å²) in [6.07, 6.45) is 0. The van der Waals surface area contributed by atoms with Gasteiger partial charge in [-0.1, -0.05) is 42.5 Å². The third-order valence-electron chi connectivity index (χ3n) is 4.81. The van der Waals surface area contributed by atoms with Gasteiger partial charge in [-0.3, -0.25) is 0 Å². The quantitative estimate of drug-likeness (QED) is 0.566. The summed E-state index contributed by atoms with van der Waals surface area (Å²) in [5, 5.41) is 7.17. The van der Waals surface area contributed by atoms with Crippen molar-refractivity contribution in [3.05, 3.63) is 65.7 Å². The first-order valence-electron chi connectivity index (χ1n) is 9.67. The molecule has 1 atom stereocenters. The van der Waals surface area contributed by atoms with Crippen LogP contribution in [0.4, 0.5) is 8.78 Å². The van der Waals surface area contributed by atoms with Gasteiger partial charge in [0.1, 0.15) is 18.8 Å². The molecule has 1 aliphatic rings. The number of hydrogen-bond acceptors (Lipinski definition) is 3. The molecule has 0 radical (unpaired) electrons. The summed E-state index contributed by atoms with van der Waals surface area (Å²) in [6.45, 7) is 2.54. The first-order chi connectivity index (χ1) is 14.1. The van der Waals surface area contributed by atoms with Crippen molar-refractivity contribution in [1.82, 2.24) is 10.6 Å². The molecule has 0 bridgehead atoms. The average molecular weight is 423 g/mol. The molecule has 0 aliphatic carbocycles. The van der Waals surface area contributed by atoms with Crippen LogP contribution in [-0.4, -0.2) is 51.1 Å². The molecule has 3 rings (SSSR count). The SMILES string of the molecule is FC(F)Oc1ccc([C@H](NC(=S)NCC[NH+]2CCOCC2)c2ccccc2)cc1. The molecule has 2 aromatic carbocycles. The topological polar surface area (TPSA) is 47.0 Å². The van der Waals surface area contributed by atoms with E-state index in [0.717, 1.165) is 50.5 Å². The predicted octanol–water partition coefficient (Wildman–Crippen LogP) is 1.76. The van der Waals surface area contributed by atoms with E-state index >= 15 is 0 Å². The smallest absolute Gasteiger partial charge is 0.387 e. The Morgan fingerprint density at radius 3 is 2.34 bits per heavy atom. The monoisotopic (exact) mass is 422 g/mol. The van der Waals surface area contributed by atoms with Crippen molar-refractivity contribution in [1.29, 1.82) is 0 Å². The van der Waals surface area contributed by atoms with E-state index in [1.54, 1.807) is 12.1 Å². The maximum Gasteiger partial charge on any atom is 0.387 e. The molecule has 3 N–H and O–H groups in total. The molecule has 2 aromatic rings. The summed E-state index contributed by atoms with van der Waals surface area (Å²) in [5.41, 5.74) is 1.93. The fourth-order valence-electron chi connectivity index (χ4n) is 3.29. The number of thiocarbonyl (C=S) groups is 1. The van der Waals surface area contributed by atoms with Gasteiger partial charge in [0.2, 0.25) is 0 Å². The zero-order chi connectivity index (χ0) is 20.5. The Balaban J connectivity index is 1.62. The van der Waals surface area contributed by atoms with Crippen LogP contribution in [0.1, 0.15) is 17.2 Å². The number of nitrogens with one attached hydrogen (secondary N) is 3. The second kappa shape index (κ2) is 11.0. The van der Waals surface area contributed by atoms with E-state index in [1.165, 1.54) is 17.0 Å². The molecule has 8 heteroatoms. The maximum atomic E-state index is 12.4. The van der Waals surface area contributed by atoms with Crippen molar-refractivity contribution in [2.75, 3.05) is 39.4 Å². The van der Waals surface area contributed by atoms with E-state index in [9.17, 15) is 8.78 Å². The summed E-state index contributed by atoms with van der Waals surface area (Å²) in [4.78, 5) is 1.50. The van der Waals surface area contributed by atoms with Crippen molar-refractivity contribution in [3.63, 3.8) is 0 Å². The molecule has 0 saturated carbocycles. The number of alkyl halides is 2. The van der Waals surface area contributed by atoms with Crippen molar-refractivity contribution in [2.45, 2.75) is 12.7 Å². The Morgan fingerprint density at radius 1 is 1.03 bits per heavy atom. The summed E-state index contributed by atoms with van der Waals surface area (Å²) < 4.78 is 34.6. The Morgan fingerprint density at radius 2 is 1.69 bits per heavy atom. The Hall–Kier alpha value is -2.29. The van der Waals surface area contributed by atoms with Gasteiger partial charge in [-0.2, -0.15) is 8.78 Å². The van der Waals surface area contributed by atoms with Crippen LogP contribution in [0.15, 0.2) is 54.6 Å². The number of rotatable bonds is 8. The zero-order valence-electron chi connectivity index (χ0n) is 16.1. The number of ether oxygens (including phenoxy) is 2. The average Bonchev–Trinajstić information content (AvgIpc) is 2.74. The highest BCUT2D eigenvalue weighted by molar-refractivity contribution is 7.80. The number of halogens is 2. The Bertz CT molecular complexity index is 756. The molecule has 0 amide bonds. The molecule has 1 heterocycles. The van der Waals surface area contributed by atoms with Crippen LogP contribution in [0.2, 0.25) is 0 Å². The van der Waals surface area contributed by atoms with E-state index < -0.39 is 6.61 Å². The van der Waals surface area contributed by atoms with Gasteiger partial charge >= 0.3 is 6.61 Å². The van der Waals surface area contributed by atoms with Crippen molar-refractivity contribution < 1.29 is 23.2 Å². The maximum absolute atomic E-state index is 12.4. The minimum absolute atomic E-state index is 0.129. The van der Waals surface area contributed by atoms with Crippen LogP contribution < -0.4 is 20.3 Å². The lowest BCUT2D eigenvalue weighted by molar-refractivity contribution is -0.906. The van der Waals surface area contributed by atoms with Crippen LogP contribution in [0, 0.1) is 0 Å². The normalized spacial score (nSPS) is 15.7. The van der Waals surface area contributed by atoms with E-state index in [4.69, 9.17) is 17.0 Å². The third-order valence-corrected chi connectivity index (χ3v) is 5.07. The fraction of sp³-hybridized carbons (Fsp3) is 0.381. The van der Waals surface area contributed by atoms with Crippen LogP contribution in [0.3, 0.4) is 0 Å². The van der Waals surface area contributed by atoms with Gasteiger partial charge in [-0.25, -0.2) is 0 Å². The van der Waals surface area contributed by atoms with Gasteiger partial charge in [-0.05, 0) is 35.5 Å². The molecular weight excluding hydrogens is 396 g/mol. The van der Waals surface area contributed by atoms with Gasteiger partial charge < -0.3 is 25.0 Å². The summed E-state index contributed by atoms with van der Waals surface area (Å²) in [7, 11) is 0. The third kappa shape index (κ3) is 6.92. The van der Waals surface area contributed by atoms with Crippen LogP contribution in [0.5, 0.6) is 5.75 Å². The van der Waals surface area contributed by atoms with E-state index in [2.05, 4.69) is 15.4 Å². The lowest BCUT2D eigenvalue weighted by atomic mass is 9.99. The Kier molecular flexibility index (Phi) is 8.15. The van der Waals surface area contributed by atoms with Gasteiger partial charge in [0.25, 0.3) is 0 Å². The fourth-order valence-corrected chi connectivity index (χ4v) is 3.51. The van der Waals surface area contributed by atoms with Gasteiger partial charge in [0.15, 0.2) is 5.11 Å². The highest BCUT2D eigenvalue weighted by Gasteiger charge is 2.17. The minimum Gasteiger partial charge on any atom is -0.435 e. The van der Waals surface area contributed by atoms with E-state index in [0.29, 0.717) is 5.11 Å². The van der Waals surface area contributed by atoms with E-state index in [-0.39, 0.29) is 11.8 Å². The lowest BCUT2D eigenvalue weighted by Gasteiger charge is -2.25. The second-order valence-corrected chi connectivity index (χ2v) is 7.21. The van der Waals surface area contributed by atoms with E-state index in [1.807, 2.05) is 30.3 Å². The first-order valence-corrected chi connectivity index (χ1v) is 10.1. The van der Waals surface area contributed by atoms with Crippen LogP contribution in [0.25, 0.3) is 0 Å².